The monoisotopic (exact) mass is 368 g/mol. The average molecular weight is 369 g/mol. The summed E-state index contributed by atoms with van der Waals surface area (Å²) in [5.74, 6) is 1.01. The van der Waals surface area contributed by atoms with E-state index in [0.717, 1.165) is 17.9 Å². The van der Waals surface area contributed by atoms with Gasteiger partial charge in [0.2, 0.25) is 0 Å². The molecule has 4 rings (SSSR count). The molecule has 132 valence electrons. The van der Waals surface area contributed by atoms with Crippen LogP contribution in [0, 0.1) is 0 Å². The highest BCUT2D eigenvalue weighted by Gasteiger charge is 2.43. The molecule has 3 aromatic rings. The van der Waals surface area contributed by atoms with Gasteiger partial charge in [-0.05, 0) is 12.1 Å². The molecule has 0 unspecified atom stereocenters. The number of rotatable bonds is 4. The number of ether oxygens (including phenoxy) is 2. The zero-order chi connectivity index (χ0) is 16.7. The Hall–Kier alpha value is -2.61. The summed E-state index contributed by atoms with van der Waals surface area (Å²) in [6, 6.07) is 4.62. The van der Waals surface area contributed by atoms with Crippen molar-refractivity contribution in [1.82, 2.24) is 19.1 Å². The smallest absolute Gasteiger partial charge is 0.395 e. The molecule has 9 heteroatoms. The first kappa shape index (κ1) is 17.2. The summed E-state index contributed by atoms with van der Waals surface area (Å²) in [5.41, 5.74) is 1.50. The van der Waals surface area contributed by atoms with Crippen molar-refractivity contribution in [2.75, 3.05) is 0 Å². The zero-order valence-electron chi connectivity index (χ0n) is 13.2. The van der Waals surface area contributed by atoms with Gasteiger partial charge in [0.15, 0.2) is 11.5 Å². The van der Waals surface area contributed by atoms with Gasteiger partial charge >= 0.3 is 6.29 Å². The van der Waals surface area contributed by atoms with Crippen LogP contribution in [0.2, 0.25) is 0 Å². The van der Waals surface area contributed by atoms with Crippen molar-refractivity contribution >= 4 is 12.4 Å². The van der Waals surface area contributed by atoms with Gasteiger partial charge in [0, 0.05) is 31.1 Å². The first-order valence-corrected chi connectivity index (χ1v) is 7.47. The second-order valence-corrected chi connectivity index (χ2v) is 5.40. The third-order valence-corrected chi connectivity index (χ3v) is 3.77. The highest BCUT2D eigenvalue weighted by atomic mass is 35.5. The Morgan fingerprint density at radius 3 is 2.76 bits per heavy atom. The number of aryl methyl sites for hydroxylation is 1. The van der Waals surface area contributed by atoms with Crippen molar-refractivity contribution in [3.05, 3.63) is 54.6 Å². The van der Waals surface area contributed by atoms with E-state index < -0.39 is 6.29 Å². The molecule has 0 saturated carbocycles. The molecule has 1 aliphatic rings. The minimum Gasteiger partial charge on any atom is -0.395 e. The van der Waals surface area contributed by atoms with Gasteiger partial charge in [0.25, 0.3) is 0 Å². The summed E-state index contributed by atoms with van der Waals surface area (Å²) < 4.78 is 38.8. The van der Waals surface area contributed by atoms with Gasteiger partial charge in [0.05, 0.1) is 24.3 Å². The molecule has 2 aromatic heterocycles. The van der Waals surface area contributed by atoms with Crippen molar-refractivity contribution < 1.29 is 18.3 Å². The second-order valence-electron chi connectivity index (χ2n) is 5.40. The van der Waals surface area contributed by atoms with Crippen LogP contribution in [0.5, 0.6) is 11.5 Å². The number of imidazole rings is 2. The number of nitrogens with zero attached hydrogens (tertiary/aromatic N) is 4. The van der Waals surface area contributed by atoms with E-state index in [9.17, 15) is 8.78 Å². The first-order chi connectivity index (χ1) is 11.5. The Labute approximate surface area is 148 Å². The molecule has 0 radical (unpaired) electrons. The molecule has 3 heterocycles. The van der Waals surface area contributed by atoms with Crippen LogP contribution in [-0.4, -0.2) is 25.4 Å². The summed E-state index contributed by atoms with van der Waals surface area (Å²) in [6.07, 6.45) is 4.36. The maximum absolute atomic E-state index is 13.1. The summed E-state index contributed by atoms with van der Waals surface area (Å²) >= 11 is 0. The van der Waals surface area contributed by atoms with E-state index in [2.05, 4.69) is 19.4 Å². The summed E-state index contributed by atoms with van der Waals surface area (Å²) in [5, 5.41) is 0. The van der Waals surface area contributed by atoms with Gasteiger partial charge < -0.3 is 18.6 Å². The van der Waals surface area contributed by atoms with Crippen molar-refractivity contribution in [3.8, 4) is 17.2 Å². The van der Waals surface area contributed by atoms with E-state index in [1.807, 2.05) is 23.9 Å². The van der Waals surface area contributed by atoms with Crippen LogP contribution in [0.1, 0.15) is 18.4 Å². The molecule has 0 bridgehead atoms. The van der Waals surface area contributed by atoms with Gasteiger partial charge in [-0.25, -0.2) is 9.97 Å². The maximum atomic E-state index is 13.1. The largest absolute Gasteiger partial charge is 0.586 e. The topological polar surface area (TPSA) is 54.1 Å². The molecule has 0 spiro atoms. The van der Waals surface area contributed by atoms with E-state index >= 15 is 0 Å². The van der Waals surface area contributed by atoms with Crippen LogP contribution < -0.4 is 9.47 Å². The van der Waals surface area contributed by atoms with Crippen molar-refractivity contribution in [3.63, 3.8) is 0 Å². The van der Waals surface area contributed by atoms with Crippen LogP contribution in [0.25, 0.3) is 5.69 Å². The summed E-state index contributed by atoms with van der Waals surface area (Å²) in [6.45, 7) is 2.64. The molecule has 1 aliphatic heterocycles. The van der Waals surface area contributed by atoms with Crippen LogP contribution in [-0.2, 0) is 13.0 Å². The Morgan fingerprint density at radius 1 is 1.16 bits per heavy atom. The van der Waals surface area contributed by atoms with Crippen LogP contribution >= 0.6 is 12.4 Å². The minimum atomic E-state index is -3.61. The Kier molecular flexibility index (Phi) is 4.38. The van der Waals surface area contributed by atoms with E-state index in [-0.39, 0.29) is 23.9 Å². The number of halogens is 3. The Bertz CT molecular complexity index is 894. The van der Waals surface area contributed by atoms with E-state index in [1.54, 1.807) is 23.2 Å². The lowest BCUT2D eigenvalue weighted by Crippen LogP contribution is -2.25. The van der Waals surface area contributed by atoms with Gasteiger partial charge in [-0.15, -0.1) is 21.2 Å². The van der Waals surface area contributed by atoms with E-state index in [1.165, 1.54) is 12.1 Å². The number of alkyl halides is 2. The molecular weight excluding hydrogens is 354 g/mol. The third-order valence-electron chi connectivity index (χ3n) is 3.77. The lowest BCUT2D eigenvalue weighted by Gasteiger charge is -2.05. The van der Waals surface area contributed by atoms with Crippen molar-refractivity contribution in [2.45, 2.75) is 26.2 Å². The normalized spacial score (nSPS) is 14.4. The number of hydrogen-bond donors (Lipinski definition) is 0. The molecule has 0 saturated heterocycles. The average Bonchev–Trinajstić information content (AvgIpc) is 3.23. The van der Waals surface area contributed by atoms with Gasteiger partial charge in [-0.3, -0.25) is 0 Å². The predicted molar refractivity (Wildman–Crippen MR) is 87.7 cm³/mol. The number of benzene rings is 1. The number of aromatic nitrogens is 4. The number of fused-ring (bicyclic) bond motifs is 1. The molecular formula is C16H15ClF2N4O2. The Morgan fingerprint density at radius 2 is 1.96 bits per heavy atom. The molecule has 0 fully saturated rings. The standard InChI is InChI=1S/C16H14F2N4O2.ClH/c1-2-15-19-5-6-21(15)8-11-9-22(10-20-11)12-3-4-13-14(7-12)24-16(17,18)23-13;/h3-7,9-10H,2,8H2,1H3;1H. The quantitative estimate of drug-likeness (QED) is 0.708. The molecule has 0 N–H and O–H groups in total. The van der Waals surface area contributed by atoms with E-state index in [4.69, 9.17) is 0 Å². The number of hydrogen-bond acceptors (Lipinski definition) is 4. The second kappa shape index (κ2) is 6.36. The molecule has 1 aromatic carbocycles. The lowest BCUT2D eigenvalue weighted by atomic mass is 10.3. The van der Waals surface area contributed by atoms with E-state index in [0.29, 0.717) is 12.2 Å². The summed E-state index contributed by atoms with van der Waals surface area (Å²) in [4.78, 5) is 8.63. The highest BCUT2D eigenvalue weighted by Crippen LogP contribution is 2.41. The lowest BCUT2D eigenvalue weighted by molar-refractivity contribution is -0.286. The molecule has 6 nitrogen and oxygen atoms in total. The first-order valence-electron chi connectivity index (χ1n) is 7.47. The Balaban J connectivity index is 0.00000182. The SMILES string of the molecule is CCc1nccn1Cc1cn(-c2ccc3c(c2)OC(F)(F)O3)cn1.Cl. The molecule has 0 atom stereocenters. The highest BCUT2D eigenvalue weighted by molar-refractivity contribution is 5.85. The molecule has 0 aliphatic carbocycles. The summed E-state index contributed by atoms with van der Waals surface area (Å²) in [7, 11) is 0. The third kappa shape index (κ3) is 3.30. The maximum Gasteiger partial charge on any atom is 0.586 e. The fraction of sp³-hybridized carbons (Fsp3) is 0.250. The fourth-order valence-electron chi connectivity index (χ4n) is 2.66. The zero-order valence-corrected chi connectivity index (χ0v) is 14.0. The fourth-order valence-corrected chi connectivity index (χ4v) is 2.66. The molecule has 25 heavy (non-hydrogen) atoms. The van der Waals surface area contributed by atoms with Crippen LogP contribution in [0.3, 0.4) is 0 Å². The van der Waals surface area contributed by atoms with Gasteiger partial charge in [-0.1, -0.05) is 6.92 Å². The van der Waals surface area contributed by atoms with Gasteiger partial charge in [0.1, 0.15) is 5.82 Å². The van der Waals surface area contributed by atoms with Crippen LogP contribution in [0.4, 0.5) is 8.78 Å². The predicted octanol–water partition coefficient (Wildman–Crippen LogP) is 3.42. The minimum absolute atomic E-state index is 0. The van der Waals surface area contributed by atoms with Crippen molar-refractivity contribution in [2.24, 2.45) is 0 Å². The van der Waals surface area contributed by atoms with Crippen molar-refractivity contribution in [1.29, 1.82) is 0 Å². The molecule has 0 amide bonds. The van der Waals surface area contributed by atoms with Crippen LogP contribution in [0.15, 0.2) is 43.1 Å². The van der Waals surface area contributed by atoms with Gasteiger partial charge in [-0.2, -0.15) is 0 Å².